The van der Waals surface area contributed by atoms with Crippen LogP contribution < -0.4 is 25.8 Å². The van der Waals surface area contributed by atoms with Crippen LogP contribution in [-0.2, 0) is 45.5 Å². The molecule has 1 aliphatic rings. The summed E-state index contributed by atoms with van der Waals surface area (Å²) >= 11 is 1.53. The third-order valence-electron chi connectivity index (χ3n) is 12.3. The molecule has 17 heteroatoms. The number of carboxylic acid groups (broad SMARTS) is 1. The molecule has 2 heterocycles. The van der Waals surface area contributed by atoms with Crippen molar-refractivity contribution in [2.75, 3.05) is 20.2 Å². The van der Waals surface area contributed by atoms with Gasteiger partial charge in [0.1, 0.15) is 29.8 Å². The molecule has 6 aromatic rings. The van der Waals surface area contributed by atoms with Gasteiger partial charge < -0.3 is 36.1 Å². The number of nitrogens with zero attached hydrogens (tertiary/aromatic N) is 2. The fourth-order valence-electron chi connectivity index (χ4n) is 8.65. The molecule has 0 saturated carbocycles. The van der Waals surface area contributed by atoms with E-state index in [0.29, 0.717) is 39.4 Å². The van der Waals surface area contributed by atoms with Gasteiger partial charge in [-0.15, -0.1) is 11.3 Å². The number of rotatable bonds is 21. The molecule has 15 nitrogen and oxygen atoms in total. The second-order valence-electron chi connectivity index (χ2n) is 18.8. The van der Waals surface area contributed by atoms with Gasteiger partial charge in [0, 0.05) is 28.2 Å². The number of sulfonamides is 1. The second kappa shape index (κ2) is 22.0. The van der Waals surface area contributed by atoms with Crippen LogP contribution in [0.1, 0.15) is 83.0 Å². The van der Waals surface area contributed by atoms with E-state index < -0.39 is 64.9 Å². The van der Waals surface area contributed by atoms with Crippen molar-refractivity contribution in [3.05, 3.63) is 142 Å². The lowest BCUT2D eigenvalue weighted by Gasteiger charge is -2.31. The van der Waals surface area contributed by atoms with Crippen LogP contribution in [0.3, 0.4) is 0 Å². The maximum absolute atomic E-state index is 14.2. The molecule has 0 fully saturated rings. The first-order valence-corrected chi connectivity index (χ1v) is 25.3. The number of aromatic nitrogens is 1. The molecule has 2 aromatic heterocycles. The summed E-state index contributed by atoms with van der Waals surface area (Å²) in [6, 6.07) is 28.2. The van der Waals surface area contributed by atoms with Gasteiger partial charge in [0.15, 0.2) is 0 Å². The first-order valence-electron chi connectivity index (χ1n) is 23.1. The minimum absolute atomic E-state index is 0.00242. The van der Waals surface area contributed by atoms with Crippen molar-refractivity contribution >= 4 is 56.0 Å². The van der Waals surface area contributed by atoms with Gasteiger partial charge in [-0.25, -0.2) is 18.2 Å². The number of carboxylic acids is 1. The van der Waals surface area contributed by atoms with Crippen LogP contribution in [0.5, 0.6) is 11.5 Å². The van der Waals surface area contributed by atoms with Crippen molar-refractivity contribution in [1.82, 2.24) is 19.9 Å². The molecule has 3 amide bonds. The van der Waals surface area contributed by atoms with Crippen LogP contribution >= 0.6 is 11.3 Å². The molecule has 0 aliphatic heterocycles. The molecule has 7 rings (SSSR count). The largest absolute Gasteiger partial charge is 0.497 e. The van der Waals surface area contributed by atoms with Crippen LogP contribution in [0.4, 0.5) is 0 Å². The smallest absolute Gasteiger partial charge is 0.337 e. The third kappa shape index (κ3) is 12.4. The highest BCUT2D eigenvalue weighted by Gasteiger charge is 2.35. The summed E-state index contributed by atoms with van der Waals surface area (Å²) in [7, 11) is -2.71. The van der Waals surface area contributed by atoms with Crippen LogP contribution in [0.2, 0.25) is 0 Å². The van der Waals surface area contributed by atoms with Crippen LogP contribution in [-0.4, -0.2) is 90.0 Å². The number of pyridine rings is 1. The van der Waals surface area contributed by atoms with E-state index in [1.807, 2.05) is 50.2 Å². The number of aliphatic hydroxyl groups is 1. The Kier molecular flexibility index (Phi) is 16.1. The molecule has 368 valence electrons. The lowest BCUT2D eigenvalue weighted by Crippen LogP contribution is -2.56. The number of aliphatic hydroxyl groups excluding tert-OH is 1. The number of primary amides is 1. The number of amides is 3. The van der Waals surface area contributed by atoms with E-state index in [4.69, 9.17) is 15.2 Å². The number of para-hydroxylation sites is 1. The van der Waals surface area contributed by atoms with E-state index in [-0.39, 0.29) is 41.5 Å². The van der Waals surface area contributed by atoms with E-state index in [9.17, 15) is 37.8 Å². The van der Waals surface area contributed by atoms with Crippen LogP contribution in [0, 0.1) is 11.3 Å². The normalized spacial score (nSPS) is 14.6. The predicted molar refractivity (Wildman–Crippen MR) is 268 cm³/mol. The number of nitrogens with one attached hydrogen (secondary N) is 2. The summed E-state index contributed by atoms with van der Waals surface area (Å²) in [6.45, 7) is 7.75. The Morgan fingerprint density at radius 3 is 2.26 bits per heavy atom. The molecule has 70 heavy (non-hydrogen) atoms. The molecule has 6 N–H and O–H groups in total. The molecule has 4 aromatic carbocycles. The zero-order valence-corrected chi connectivity index (χ0v) is 41.4. The number of carbonyl (C=O) groups excluding carboxylic acids is 3. The monoisotopic (exact) mass is 989 g/mol. The lowest BCUT2D eigenvalue weighted by molar-refractivity contribution is -0.128. The lowest BCUT2D eigenvalue weighted by atomic mass is 9.76. The Morgan fingerprint density at radius 1 is 0.886 bits per heavy atom. The van der Waals surface area contributed by atoms with Crippen molar-refractivity contribution in [3.8, 4) is 21.9 Å². The first kappa shape index (κ1) is 51.2. The molecular weight excluding hydrogens is 931 g/mol. The molecule has 0 saturated heterocycles. The van der Waals surface area contributed by atoms with Crippen molar-refractivity contribution in [1.29, 1.82) is 0 Å². The Bertz CT molecular complexity index is 2970. The zero-order chi connectivity index (χ0) is 50.3. The number of aryl methyl sites for hydroxylation is 1. The number of thiophene rings is 1. The number of nitrogens with two attached hydrogens (primary N) is 1. The highest BCUT2D eigenvalue weighted by molar-refractivity contribution is 7.89. The Labute approximate surface area is 412 Å². The fraction of sp³-hybridized carbons (Fsp3) is 0.340. The quantitative estimate of drug-likeness (QED) is 0.0486. The maximum atomic E-state index is 14.2. The van der Waals surface area contributed by atoms with Crippen molar-refractivity contribution in [3.63, 3.8) is 0 Å². The number of hydrogen-bond acceptors (Lipinski definition) is 11. The summed E-state index contributed by atoms with van der Waals surface area (Å²) in [4.78, 5) is 59.0. The van der Waals surface area contributed by atoms with Gasteiger partial charge in [0.2, 0.25) is 21.8 Å². The number of ether oxygens (including phenoxy) is 2. The van der Waals surface area contributed by atoms with Gasteiger partial charge in [0.05, 0.1) is 41.7 Å². The van der Waals surface area contributed by atoms with Gasteiger partial charge in [0.25, 0.3) is 5.91 Å². The maximum Gasteiger partial charge on any atom is 0.337 e. The molecule has 0 bridgehead atoms. The predicted octanol–water partition coefficient (Wildman–Crippen LogP) is 7.17. The summed E-state index contributed by atoms with van der Waals surface area (Å²) in [5, 5.41) is 28.6. The molecular formula is C53H59N5O10S2. The van der Waals surface area contributed by atoms with E-state index in [1.54, 1.807) is 42.5 Å². The SMILES string of the molecule is COc1ccc(S(=O)(=O)N(CC(C)C)C[C@@H](O)[C@H](Cc2ccc(OCc3ccccc3-c3sc4c(c3C(=O)O)CC(C)(C)CC4)cc2)NC(=O)[C@H](CC(N)=O)NC(=O)c2ccc3ccccc3n2)cc1. The number of hydrogen-bond donors (Lipinski definition) is 5. The van der Waals surface area contributed by atoms with Gasteiger partial charge in [-0.05, 0) is 108 Å². The van der Waals surface area contributed by atoms with Gasteiger partial charge in [-0.2, -0.15) is 4.31 Å². The minimum Gasteiger partial charge on any atom is -0.497 e. The average molecular weight is 990 g/mol. The highest BCUT2D eigenvalue weighted by Crippen LogP contribution is 2.46. The second-order valence-corrected chi connectivity index (χ2v) is 21.9. The summed E-state index contributed by atoms with van der Waals surface area (Å²) in [5.74, 6) is -2.62. The Balaban J connectivity index is 1.13. The van der Waals surface area contributed by atoms with E-state index in [0.717, 1.165) is 44.1 Å². The minimum atomic E-state index is -4.18. The highest BCUT2D eigenvalue weighted by atomic mass is 32.2. The summed E-state index contributed by atoms with van der Waals surface area (Å²) < 4.78 is 40.9. The zero-order valence-electron chi connectivity index (χ0n) is 39.8. The molecule has 3 atom stereocenters. The van der Waals surface area contributed by atoms with E-state index in [1.165, 1.54) is 48.8 Å². The van der Waals surface area contributed by atoms with E-state index in [2.05, 4.69) is 29.5 Å². The van der Waals surface area contributed by atoms with Crippen LogP contribution in [0.25, 0.3) is 21.3 Å². The Hall–Kier alpha value is -6.66. The number of aromatic carboxylic acids is 1. The van der Waals surface area contributed by atoms with E-state index >= 15 is 0 Å². The van der Waals surface area contributed by atoms with Crippen molar-refractivity contribution in [2.24, 2.45) is 17.1 Å². The molecule has 0 unspecified atom stereocenters. The number of fused-ring (bicyclic) bond motifs is 2. The number of benzene rings is 4. The molecule has 0 radical (unpaired) electrons. The van der Waals surface area contributed by atoms with Crippen molar-refractivity contribution < 1.29 is 47.3 Å². The first-order chi connectivity index (χ1) is 33.3. The standard InChI is InChI=1S/C53H59N5O10S2/c1-32(2)29-58(70(65,66)38-21-19-36(67-5)20-22-38)30-45(59)43(56-51(62)44(27-47(54)60)57-50(61)42-23-16-34-10-7-9-13-41(34)55-42)26-33-14-17-37(18-15-33)68-31-35-11-6-8-12-39(35)49-48(52(63)64)40-28-53(3,4)25-24-46(40)69-49/h6-23,32,43-45,59H,24-31H2,1-5H3,(H2,54,60)(H,56,62)(H,57,61)(H,63,64)/t43-,44-,45+/m0/s1. The van der Waals surface area contributed by atoms with Gasteiger partial charge >= 0.3 is 5.97 Å². The molecule has 0 spiro atoms. The number of carbonyl (C=O) groups is 4. The Morgan fingerprint density at radius 2 is 1.57 bits per heavy atom. The average Bonchev–Trinajstić information content (AvgIpc) is 3.70. The molecule has 1 aliphatic carbocycles. The third-order valence-corrected chi connectivity index (χ3v) is 15.5. The number of methoxy groups -OCH3 is 1. The van der Waals surface area contributed by atoms with Crippen LogP contribution in [0.15, 0.2) is 114 Å². The summed E-state index contributed by atoms with van der Waals surface area (Å²) in [5.41, 5.74) is 9.61. The van der Waals surface area contributed by atoms with Gasteiger partial charge in [-0.1, -0.05) is 88.4 Å². The topological polar surface area (TPSA) is 228 Å². The summed E-state index contributed by atoms with van der Waals surface area (Å²) in [6.07, 6.45) is 0.384. The fourth-order valence-corrected chi connectivity index (χ4v) is 11.6. The van der Waals surface area contributed by atoms with Gasteiger partial charge in [-0.3, -0.25) is 14.4 Å². The van der Waals surface area contributed by atoms with Crippen molar-refractivity contribution in [2.45, 2.75) is 89.5 Å².